The van der Waals surface area contributed by atoms with Crippen molar-refractivity contribution in [2.45, 2.75) is 44.2 Å². The molecular formula is C17H25NO. The summed E-state index contributed by atoms with van der Waals surface area (Å²) in [5.41, 5.74) is 1.43. The number of aliphatic hydroxyl groups is 1. The standard InChI is InChI=1S/C17H25NO/c1-18(11-5-8-13-6-3-2-4-7-13)16-12-14-9-10-15(16)17(14)19/h2-4,6-7,14-17,19H,5,8-12H2,1H3/t14?,15-,16-,17?/m0/s1. The van der Waals surface area contributed by atoms with Crippen LogP contribution in [0.5, 0.6) is 0 Å². The lowest BCUT2D eigenvalue weighted by molar-refractivity contribution is 0.104. The molecule has 0 amide bonds. The van der Waals surface area contributed by atoms with E-state index in [2.05, 4.69) is 42.3 Å². The summed E-state index contributed by atoms with van der Waals surface area (Å²) in [6, 6.07) is 11.4. The molecule has 2 fully saturated rings. The van der Waals surface area contributed by atoms with Crippen LogP contribution in [0.3, 0.4) is 0 Å². The molecule has 1 N–H and O–H groups in total. The lowest BCUT2D eigenvalue weighted by atomic mass is 9.94. The molecule has 0 saturated heterocycles. The fourth-order valence-electron chi connectivity index (χ4n) is 4.11. The van der Waals surface area contributed by atoms with Crippen LogP contribution >= 0.6 is 0 Å². The van der Waals surface area contributed by atoms with Crippen molar-refractivity contribution in [3.63, 3.8) is 0 Å². The van der Waals surface area contributed by atoms with E-state index in [1.165, 1.54) is 31.2 Å². The molecule has 2 bridgehead atoms. The fourth-order valence-corrected chi connectivity index (χ4v) is 4.11. The van der Waals surface area contributed by atoms with Crippen molar-refractivity contribution in [2.75, 3.05) is 13.6 Å². The zero-order valence-electron chi connectivity index (χ0n) is 11.8. The number of fused-ring (bicyclic) bond motifs is 2. The average molecular weight is 259 g/mol. The van der Waals surface area contributed by atoms with Crippen molar-refractivity contribution in [1.29, 1.82) is 0 Å². The Kier molecular flexibility index (Phi) is 3.90. The van der Waals surface area contributed by atoms with Gasteiger partial charge in [-0.3, -0.25) is 0 Å². The van der Waals surface area contributed by atoms with Gasteiger partial charge >= 0.3 is 0 Å². The molecule has 2 unspecified atom stereocenters. The molecule has 3 rings (SSSR count). The summed E-state index contributed by atoms with van der Waals surface area (Å²) in [5.74, 6) is 1.14. The van der Waals surface area contributed by atoms with E-state index in [0.29, 0.717) is 17.9 Å². The first-order valence-corrected chi connectivity index (χ1v) is 7.68. The van der Waals surface area contributed by atoms with Crippen LogP contribution in [-0.4, -0.2) is 35.7 Å². The Bertz CT molecular complexity index is 405. The van der Waals surface area contributed by atoms with Crippen molar-refractivity contribution >= 4 is 0 Å². The van der Waals surface area contributed by atoms with Gasteiger partial charge in [0.05, 0.1) is 6.10 Å². The van der Waals surface area contributed by atoms with E-state index in [4.69, 9.17) is 0 Å². The first-order chi connectivity index (χ1) is 9.25. The molecule has 2 heteroatoms. The zero-order chi connectivity index (χ0) is 13.2. The van der Waals surface area contributed by atoms with E-state index in [1.54, 1.807) is 0 Å². The Balaban J connectivity index is 1.46. The topological polar surface area (TPSA) is 23.5 Å². The Morgan fingerprint density at radius 3 is 2.63 bits per heavy atom. The Morgan fingerprint density at radius 1 is 1.21 bits per heavy atom. The average Bonchev–Trinajstić information content (AvgIpc) is 2.95. The summed E-state index contributed by atoms with van der Waals surface area (Å²) in [5, 5.41) is 10.1. The predicted octanol–water partition coefficient (Wildman–Crippen LogP) is 2.71. The summed E-state index contributed by atoms with van der Waals surface area (Å²) in [7, 11) is 2.24. The van der Waals surface area contributed by atoms with Gasteiger partial charge in [0.25, 0.3) is 0 Å². The second kappa shape index (κ2) is 5.64. The summed E-state index contributed by atoms with van der Waals surface area (Å²) in [6.07, 6.45) is 6.06. The van der Waals surface area contributed by atoms with Crippen LogP contribution in [-0.2, 0) is 6.42 Å². The molecule has 4 atom stereocenters. The smallest absolute Gasteiger partial charge is 0.0612 e. The van der Waals surface area contributed by atoms with Crippen molar-refractivity contribution in [3.05, 3.63) is 35.9 Å². The maximum Gasteiger partial charge on any atom is 0.0612 e. The highest BCUT2D eigenvalue weighted by Gasteiger charge is 2.48. The SMILES string of the molecule is CN(CCCc1ccccc1)[C@H]1CC2CC[C@@H]1C2O. The van der Waals surface area contributed by atoms with Crippen molar-refractivity contribution in [1.82, 2.24) is 4.90 Å². The van der Waals surface area contributed by atoms with Gasteiger partial charge in [-0.05, 0) is 57.2 Å². The molecule has 0 heterocycles. The normalized spacial score (nSPS) is 33.2. The van der Waals surface area contributed by atoms with Crippen LogP contribution in [0.25, 0.3) is 0 Å². The van der Waals surface area contributed by atoms with Crippen molar-refractivity contribution < 1.29 is 5.11 Å². The summed E-state index contributed by atoms with van der Waals surface area (Å²) in [4.78, 5) is 2.50. The van der Waals surface area contributed by atoms with Gasteiger partial charge in [0.1, 0.15) is 0 Å². The molecule has 1 aromatic rings. The Morgan fingerprint density at radius 2 is 2.00 bits per heavy atom. The molecule has 1 aromatic carbocycles. The minimum absolute atomic E-state index is 0.0124. The maximum absolute atomic E-state index is 10.1. The van der Waals surface area contributed by atoms with Gasteiger partial charge in [-0.25, -0.2) is 0 Å². The van der Waals surface area contributed by atoms with Crippen LogP contribution in [0.1, 0.15) is 31.2 Å². The number of hydrogen-bond acceptors (Lipinski definition) is 2. The van der Waals surface area contributed by atoms with Crippen molar-refractivity contribution in [2.24, 2.45) is 11.8 Å². The molecule has 2 aliphatic carbocycles. The van der Waals surface area contributed by atoms with E-state index >= 15 is 0 Å². The molecule has 0 spiro atoms. The van der Waals surface area contributed by atoms with Crippen LogP contribution in [0, 0.1) is 11.8 Å². The third-order valence-corrected chi connectivity index (χ3v) is 5.22. The molecular weight excluding hydrogens is 234 g/mol. The van der Waals surface area contributed by atoms with E-state index < -0.39 is 0 Å². The number of hydrogen-bond donors (Lipinski definition) is 1. The van der Waals surface area contributed by atoms with Gasteiger partial charge in [0.15, 0.2) is 0 Å². The van der Waals surface area contributed by atoms with Crippen LogP contribution in [0.2, 0.25) is 0 Å². The number of aliphatic hydroxyl groups excluding tert-OH is 1. The first-order valence-electron chi connectivity index (χ1n) is 7.68. The third kappa shape index (κ3) is 2.70. The zero-order valence-corrected chi connectivity index (χ0v) is 11.8. The van der Waals surface area contributed by atoms with E-state index in [9.17, 15) is 5.11 Å². The molecule has 0 aliphatic heterocycles. The van der Waals surface area contributed by atoms with Gasteiger partial charge in [0, 0.05) is 12.0 Å². The Labute approximate surface area is 116 Å². The van der Waals surface area contributed by atoms with Crippen LogP contribution in [0.4, 0.5) is 0 Å². The maximum atomic E-state index is 10.1. The van der Waals surface area contributed by atoms with Gasteiger partial charge in [0.2, 0.25) is 0 Å². The van der Waals surface area contributed by atoms with E-state index in [1.807, 2.05) is 0 Å². The first kappa shape index (κ1) is 13.1. The predicted molar refractivity (Wildman–Crippen MR) is 78.0 cm³/mol. The lowest BCUT2D eigenvalue weighted by Gasteiger charge is -2.31. The van der Waals surface area contributed by atoms with Gasteiger partial charge in [-0.1, -0.05) is 30.3 Å². The van der Waals surface area contributed by atoms with Gasteiger partial charge in [-0.2, -0.15) is 0 Å². The highest BCUT2D eigenvalue weighted by atomic mass is 16.3. The summed E-state index contributed by atoms with van der Waals surface area (Å²) < 4.78 is 0. The highest BCUT2D eigenvalue weighted by molar-refractivity contribution is 5.14. The molecule has 0 aromatic heterocycles. The Hall–Kier alpha value is -0.860. The van der Waals surface area contributed by atoms with E-state index in [0.717, 1.165) is 13.0 Å². The van der Waals surface area contributed by atoms with Gasteiger partial charge in [-0.15, -0.1) is 0 Å². The monoisotopic (exact) mass is 259 g/mol. The molecule has 104 valence electrons. The summed E-state index contributed by atoms with van der Waals surface area (Å²) >= 11 is 0. The molecule has 0 radical (unpaired) electrons. The number of aryl methyl sites for hydroxylation is 1. The number of benzene rings is 1. The molecule has 2 aliphatic rings. The minimum atomic E-state index is -0.0124. The quantitative estimate of drug-likeness (QED) is 0.879. The third-order valence-electron chi connectivity index (χ3n) is 5.22. The largest absolute Gasteiger partial charge is 0.392 e. The molecule has 19 heavy (non-hydrogen) atoms. The van der Waals surface area contributed by atoms with Crippen molar-refractivity contribution in [3.8, 4) is 0 Å². The number of nitrogens with zero attached hydrogens (tertiary/aromatic N) is 1. The van der Waals surface area contributed by atoms with Crippen LogP contribution < -0.4 is 0 Å². The second-order valence-corrected chi connectivity index (χ2v) is 6.36. The minimum Gasteiger partial charge on any atom is -0.392 e. The van der Waals surface area contributed by atoms with Crippen LogP contribution in [0.15, 0.2) is 30.3 Å². The summed E-state index contributed by atoms with van der Waals surface area (Å²) in [6.45, 7) is 1.15. The number of rotatable bonds is 5. The van der Waals surface area contributed by atoms with E-state index in [-0.39, 0.29) is 6.10 Å². The molecule has 2 nitrogen and oxygen atoms in total. The fraction of sp³-hybridized carbons (Fsp3) is 0.647. The highest BCUT2D eigenvalue weighted by Crippen LogP contribution is 2.46. The van der Waals surface area contributed by atoms with Gasteiger partial charge < -0.3 is 10.0 Å². The molecule has 2 saturated carbocycles. The lowest BCUT2D eigenvalue weighted by Crippen LogP contribution is -2.38. The second-order valence-electron chi connectivity index (χ2n) is 6.36.